The van der Waals surface area contributed by atoms with Crippen LogP contribution in [0.3, 0.4) is 0 Å². The van der Waals surface area contributed by atoms with E-state index in [-0.39, 0.29) is 17.5 Å². The average Bonchev–Trinajstić information content (AvgIpc) is 2.55. The van der Waals surface area contributed by atoms with Crippen LogP contribution < -0.4 is 10.6 Å². The van der Waals surface area contributed by atoms with Crippen molar-refractivity contribution in [3.05, 3.63) is 15.6 Å². The molecule has 0 radical (unpaired) electrons. The fourth-order valence-electron chi connectivity index (χ4n) is 1.92. The molecule has 0 aromatic carbocycles. The van der Waals surface area contributed by atoms with E-state index in [9.17, 15) is 4.79 Å². The van der Waals surface area contributed by atoms with Crippen LogP contribution in [0.5, 0.6) is 0 Å². The Morgan fingerprint density at radius 1 is 1.37 bits per heavy atom. The van der Waals surface area contributed by atoms with Gasteiger partial charge in [0.05, 0.1) is 10.7 Å². The lowest BCUT2D eigenvalue weighted by atomic mass is 10.1. The Morgan fingerprint density at radius 3 is 2.47 bits per heavy atom. The molecule has 1 heterocycles. The van der Waals surface area contributed by atoms with E-state index in [0.29, 0.717) is 13.0 Å². The molecule has 1 rings (SSSR count). The summed E-state index contributed by atoms with van der Waals surface area (Å²) in [4.78, 5) is 17.4. The van der Waals surface area contributed by atoms with Crippen molar-refractivity contribution in [1.29, 1.82) is 0 Å². The van der Waals surface area contributed by atoms with Crippen LogP contribution in [0.25, 0.3) is 0 Å². The number of hydrogen-bond acceptors (Lipinski definition) is 4. The molecule has 0 bridgehead atoms. The minimum absolute atomic E-state index is 0.0874. The predicted octanol–water partition coefficient (Wildman–Crippen LogP) is 2.72. The zero-order valence-electron chi connectivity index (χ0n) is 12.8. The Bertz CT molecular complexity index is 434. The fourth-order valence-corrected chi connectivity index (χ4v) is 2.88. The van der Waals surface area contributed by atoms with Gasteiger partial charge in [0.15, 0.2) is 0 Å². The lowest BCUT2D eigenvalue weighted by Crippen LogP contribution is -2.41. The van der Waals surface area contributed by atoms with E-state index < -0.39 is 0 Å². The van der Waals surface area contributed by atoms with E-state index in [1.54, 1.807) is 11.3 Å². The van der Waals surface area contributed by atoms with Crippen LogP contribution in [0, 0.1) is 13.8 Å². The molecule has 1 amide bonds. The van der Waals surface area contributed by atoms with Gasteiger partial charge in [0.1, 0.15) is 0 Å². The standard InChI is InChI=1S/C14H25N3OS/c1-9(13-10(2)16-11(3)19-13)15-8-7-12(18)17-14(4,5)6/h9,15H,7-8H2,1-6H3,(H,17,18). The van der Waals surface area contributed by atoms with Crippen LogP contribution in [0.15, 0.2) is 0 Å². The maximum atomic E-state index is 11.7. The molecule has 1 atom stereocenters. The number of nitrogens with zero attached hydrogens (tertiary/aromatic N) is 1. The minimum Gasteiger partial charge on any atom is -0.351 e. The molecular formula is C14H25N3OS. The van der Waals surface area contributed by atoms with Crippen molar-refractivity contribution in [1.82, 2.24) is 15.6 Å². The van der Waals surface area contributed by atoms with Gasteiger partial charge in [0.2, 0.25) is 5.91 Å². The van der Waals surface area contributed by atoms with Crippen LogP contribution >= 0.6 is 11.3 Å². The van der Waals surface area contributed by atoms with Crippen molar-refractivity contribution >= 4 is 17.2 Å². The highest BCUT2D eigenvalue weighted by molar-refractivity contribution is 7.11. The van der Waals surface area contributed by atoms with Crippen molar-refractivity contribution in [3.8, 4) is 0 Å². The van der Waals surface area contributed by atoms with Crippen LogP contribution in [0.4, 0.5) is 0 Å². The van der Waals surface area contributed by atoms with Gasteiger partial charge in [0, 0.05) is 29.4 Å². The number of carbonyl (C=O) groups is 1. The van der Waals surface area contributed by atoms with Gasteiger partial charge in [-0.2, -0.15) is 0 Å². The van der Waals surface area contributed by atoms with Gasteiger partial charge in [-0.3, -0.25) is 4.79 Å². The highest BCUT2D eigenvalue weighted by atomic mass is 32.1. The SMILES string of the molecule is Cc1nc(C)c(C(C)NCCC(=O)NC(C)(C)C)s1. The molecule has 0 saturated heterocycles. The number of nitrogens with one attached hydrogen (secondary N) is 2. The van der Waals surface area contributed by atoms with Gasteiger partial charge in [-0.1, -0.05) is 0 Å². The quantitative estimate of drug-likeness (QED) is 0.873. The van der Waals surface area contributed by atoms with Gasteiger partial charge in [-0.25, -0.2) is 4.98 Å². The summed E-state index contributed by atoms with van der Waals surface area (Å²) in [7, 11) is 0. The highest BCUT2D eigenvalue weighted by Gasteiger charge is 2.15. The summed E-state index contributed by atoms with van der Waals surface area (Å²) in [5.74, 6) is 0.0874. The molecule has 0 spiro atoms. The first kappa shape index (κ1) is 16.1. The van der Waals surface area contributed by atoms with Crippen molar-refractivity contribution in [2.24, 2.45) is 0 Å². The molecule has 2 N–H and O–H groups in total. The third kappa shape index (κ3) is 5.70. The summed E-state index contributed by atoms with van der Waals surface area (Å²) in [5, 5.41) is 7.43. The second-order valence-electron chi connectivity index (χ2n) is 5.91. The van der Waals surface area contributed by atoms with E-state index in [1.807, 2.05) is 34.6 Å². The number of carbonyl (C=O) groups excluding carboxylic acids is 1. The largest absolute Gasteiger partial charge is 0.351 e. The van der Waals surface area contributed by atoms with Gasteiger partial charge in [0.25, 0.3) is 0 Å². The van der Waals surface area contributed by atoms with Crippen molar-refractivity contribution in [2.75, 3.05) is 6.54 Å². The molecule has 0 saturated carbocycles. The van der Waals surface area contributed by atoms with Gasteiger partial charge < -0.3 is 10.6 Å². The number of amides is 1. The molecule has 1 unspecified atom stereocenters. The zero-order valence-corrected chi connectivity index (χ0v) is 13.6. The van der Waals surface area contributed by atoms with E-state index in [4.69, 9.17) is 0 Å². The lowest BCUT2D eigenvalue weighted by Gasteiger charge is -2.21. The molecule has 0 fully saturated rings. The van der Waals surface area contributed by atoms with Gasteiger partial charge in [-0.15, -0.1) is 11.3 Å². The van der Waals surface area contributed by atoms with E-state index in [2.05, 4.69) is 22.5 Å². The van der Waals surface area contributed by atoms with Gasteiger partial charge in [-0.05, 0) is 41.5 Å². The van der Waals surface area contributed by atoms with E-state index in [0.717, 1.165) is 10.7 Å². The smallest absolute Gasteiger partial charge is 0.221 e. The van der Waals surface area contributed by atoms with E-state index >= 15 is 0 Å². The summed E-state index contributed by atoms with van der Waals surface area (Å²) in [5.41, 5.74) is 0.926. The van der Waals surface area contributed by atoms with Crippen molar-refractivity contribution in [2.45, 2.75) is 59.5 Å². The molecule has 1 aromatic rings. The number of hydrogen-bond donors (Lipinski definition) is 2. The molecule has 0 aliphatic rings. The molecule has 19 heavy (non-hydrogen) atoms. The normalized spacial score (nSPS) is 13.4. The second-order valence-corrected chi connectivity index (χ2v) is 7.14. The first-order valence-electron chi connectivity index (χ1n) is 6.67. The molecule has 4 nitrogen and oxygen atoms in total. The first-order valence-corrected chi connectivity index (χ1v) is 7.49. The first-order chi connectivity index (χ1) is 8.69. The molecule has 5 heteroatoms. The molecular weight excluding hydrogens is 258 g/mol. The third-order valence-corrected chi connectivity index (χ3v) is 3.91. The summed E-state index contributed by atoms with van der Waals surface area (Å²) < 4.78 is 0. The molecule has 108 valence electrons. The van der Waals surface area contributed by atoms with Crippen LogP contribution in [-0.4, -0.2) is 23.0 Å². The number of aryl methyl sites for hydroxylation is 2. The molecule has 0 aliphatic heterocycles. The Morgan fingerprint density at radius 2 is 2.00 bits per heavy atom. The van der Waals surface area contributed by atoms with Crippen LogP contribution in [0.2, 0.25) is 0 Å². The molecule has 0 aliphatic carbocycles. The lowest BCUT2D eigenvalue weighted by molar-refractivity contribution is -0.122. The topological polar surface area (TPSA) is 54.0 Å². The summed E-state index contributed by atoms with van der Waals surface area (Å²) in [6, 6.07) is 0.244. The average molecular weight is 283 g/mol. The Kier molecular flexibility index (Phi) is 5.50. The number of rotatable bonds is 5. The summed E-state index contributed by atoms with van der Waals surface area (Å²) in [6.45, 7) is 12.8. The fraction of sp³-hybridized carbons (Fsp3) is 0.714. The second kappa shape index (κ2) is 6.48. The van der Waals surface area contributed by atoms with Crippen LogP contribution in [-0.2, 0) is 4.79 Å². The van der Waals surface area contributed by atoms with Crippen LogP contribution in [0.1, 0.15) is 55.7 Å². The van der Waals surface area contributed by atoms with Crippen molar-refractivity contribution < 1.29 is 4.79 Å². The summed E-state index contributed by atoms with van der Waals surface area (Å²) in [6.07, 6.45) is 0.498. The van der Waals surface area contributed by atoms with E-state index in [1.165, 1.54) is 4.88 Å². The Hall–Kier alpha value is -0.940. The minimum atomic E-state index is -0.159. The predicted molar refractivity (Wildman–Crippen MR) is 80.5 cm³/mol. The Balaban J connectivity index is 2.37. The Labute approximate surface area is 120 Å². The maximum Gasteiger partial charge on any atom is 0.221 e. The maximum absolute atomic E-state index is 11.7. The van der Waals surface area contributed by atoms with Crippen molar-refractivity contribution in [3.63, 3.8) is 0 Å². The monoisotopic (exact) mass is 283 g/mol. The third-order valence-electron chi connectivity index (χ3n) is 2.65. The number of thiazole rings is 1. The summed E-state index contributed by atoms with van der Waals surface area (Å²) >= 11 is 1.72. The van der Waals surface area contributed by atoms with Gasteiger partial charge >= 0.3 is 0 Å². The molecule has 1 aromatic heterocycles. The number of aromatic nitrogens is 1. The zero-order chi connectivity index (χ0) is 14.6. The highest BCUT2D eigenvalue weighted by Crippen LogP contribution is 2.24.